The smallest absolute Gasteiger partial charge is 0.307 e. The summed E-state index contributed by atoms with van der Waals surface area (Å²) in [6.07, 6.45) is 1.74. The van der Waals surface area contributed by atoms with Crippen molar-refractivity contribution in [1.82, 2.24) is 0 Å². The lowest BCUT2D eigenvalue weighted by Crippen LogP contribution is -1.97. The molecule has 3 aromatic carbocycles. The average Bonchev–Trinajstić information content (AvgIpc) is 3.04. The number of ether oxygens (including phenoxy) is 2. The van der Waals surface area contributed by atoms with Crippen LogP contribution < -0.4 is 9.47 Å². The molecule has 0 heterocycles. The molecule has 6 heteroatoms. The van der Waals surface area contributed by atoms with Crippen LogP contribution in [0.4, 0.5) is 8.78 Å². The van der Waals surface area contributed by atoms with Gasteiger partial charge in [0.2, 0.25) is 0 Å². The highest BCUT2D eigenvalue weighted by molar-refractivity contribution is 6.07. The molecule has 4 rings (SSSR count). The van der Waals surface area contributed by atoms with Crippen molar-refractivity contribution in [1.29, 1.82) is 0 Å². The molecular weight excluding hydrogens is 426 g/mol. The van der Waals surface area contributed by atoms with E-state index < -0.39 is 11.8 Å². The van der Waals surface area contributed by atoms with Crippen LogP contribution in [0.1, 0.15) is 35.6 Å². The van der Waals surface area contributed by atoms with Crippen LogP contribution in [-0.2, 0) is 11.4 Å². The first-order valence-electron chi connectivity index (χ1n) is 10.3. The molecule has 0 spiro atoms. The summed E-state index contributed by atoms with van der Waals surface area (Å²) in [5, 5.41) is 9.32. The van der Waals surface area contributed by atoms with Gasteiger partial charge in [-0.15, -0.1) is 0 Å². The first-order valence-corrected chi connectivity index (χ1v) is 10.3. The van der Waals surface area contributed by atoms with Gasteiger partial charge in [-0.1, -0.05) is 18.2 Å². The van der Waals surface area contributed by atoms with E-state index in [0.717, 1.165) is 27.8 Å². The molecular formula is C27H22F2O4. The van der Waals surface area contributed by atoms with Crippen molar-refractivity contribution in [3.63, 3.8) is 0 Å². The fraction of sp³-hybridized carbons (Fsp3) is 0.148. The predicted molar refractivity (Wildman–Crippen MR) is 123 cm³/mol. The highest BCUT2D eigenvalue weighted by Gasteiger charge is 2.26. The fourth-order valence-electron chi connectivity index (χ4n) is 3.95. The van der Waals surface area contributed by atoms with E-state index in [1.165, 1.54) is 24.3 Å². The zero-order chi connectivity index (χ0) is 23.5. The Labute approximate surface area is 190 Å². The number of carbonyl (C=O) groups is 1. The average molecular weight is 448 g/mol. The molecule has 0 saturated heterocycles. The number of aliphatic carboxylic acids is 1. The number of hydrogen-bond donors (Lipinski definition) is 1. The second-order valence-corrected chi connectivity index (χ2v) is 7.74. The van der Waals surface area contributed by atoms with Crippen LogP contribution in [0, 0.1) is 11.6 Å². The van der Waals surface area contributed by atoms with Crippen LogP contribution in [0.15, 0.2) is 66.2 Å². The fourth-order valence-corrected chi connectivity index (χ4v) is 3.95. The third-order valence-electron chi connectivity index (χ3n) is 5.60. The van der Waals surface area contributed by atoms with Crippen molar-refractivity contribution in [2.45, 2.75) is 20.0 Å². The monoisotopic (exact) mass is 448 g/mol. The zero-order valence-electron chi connectivity index (χ0n) is 18.2. The molecule has 0 amide bonds. The van der Waals surface area contributed by atoms with Crippen LogP contribution >= 0.6 is 0 Å². The topological polar surface area (TPSA) is 55.8 Å². The Bertz CT molecular complexity index is 1270. The molecule has 3 aromatic rings. The van der Waals surface area contributed by atoms with Gasteiger partial charge in [0.25, 0.3) is 0 Å². The van der Waals surface area contributed by atoms with Crippen molar-refractivity contribution in [3.05, 3.63) is 100 Å². The van der Waals surface area contributed by atoms with Crippen LogP contribution in [0.3, 0.4) is 0 Å². The maximum absolute atomic E-state index is 13.9. The Hall–Kier alpha value is -3.93. The minimum absolute atomic E-state index is 0.184. The number of rotatable bonds is 7. The van der Waals surface area contributed by atoms with E-state index in [0.29, 0.717) is 22.6 Å². The predicted octanol–water partition coefficient (Wildman–Crippen LogP) is 6.35. The molecule has 0 fully saturated rings. The number of fused-ring (bicyclic) bond motifs is 1. The first kappa shape index (κ1) is 22.3. The van der Waals surface area contributed by atoms with E-state index >= 15 is 0 Å². The van der Waals surface area contributed by atoms with Crippen molar-refractivity contribution >= 4 is 23.2 Å². The molecule has 33 heavy (non-hydrogen) atoms. The molecule has 0 bridgehead atoms. The quantitative estimate of drug-likeness (QED) is 0.457. The van der Waals surface area contributed by atoms with Crippen molar-refractivity contribution in [2.75, 3.05) is 7.11 Å². The number of benzene rings is 3. The molecule has 1 aliphatic rings. The maximum Gasteiger partial charge on any atom is 0.307 e. The van der Waals surface area contributed by atoms with Crippen LogP contribution in [0.2, 0.25) is 0 Å². The lowest BCUT2D eigenvalue weighted by Gasteiger charge is -2.11. The highest BCUT2D eigenvalue weighted by Crippen LogP contribution is 2.44. The zero-order valence-corrected chi connectivity index (χ0v) is 18.2. The molecule has 0 saturated carbocycles. The Morgan fingerprint density at radius 2 is 1.70 bits per heavy atom. The normalized spacial score (nSPS) is 13.9. The maximum atomic E-state index is 13.9. The van der Waals surface area contributed by atoms with Gasteiger partial charge in [-0.05, 0) is 88.9 Å². The number of carboxylic acid groups (broad SMARTS) is 1. The lowest BCUT2D eigenvalue weighted by atomic mass is 9.99. The summed E-state index contributed by atoms with van der Waals surface area (Å²) in [6, 6.07) is 15.9. The van der Waals surface area contributed by atoms with E-state index in [4.69, 9.17) is 9.47 Å². The first-order chi connectivity index (χ1) is 15.9. The van der Waals surface area contributed by atoms with Gasteiger partial charge >= 0.3 is 5.97 Å². The minimum atomic E-state index is -0.969. The number of halogens is 2. The lowest BCUT2D eigenvalue weighted by molar-refractivity contribution is -0.135. The Morgan fingerprint density at radius 3 is 2.39 bits per heavy atom. The van der Waals surface area contributed by atoms with Crippen LogP contribution in [-0.4, -0.2) is 18.2 Å². The second-order valence-electron chi connectivity index (χ2n) is 7.74. The third kappa shape index (κ3) is 4.80. The van der Waals surface area contributed by atoms with Gasteiger partial charge < -0.3 is 14.6 Å². The van der Waals surface area contributed by atoms with Crippen LogP contribution in [0.5, 0.6) is 11.5 Å². The van der Waals surface area contributed by atoms with Gasteiger partial charge in [-0.3, -0.25) is 4.79 Å². The number of methoxy groups -OCH3 is 1. The molecule has 1 aliphatic carbocycles. The molecule has 1 N–H and O–H groups in total. The standard InChI is InChI=1S/C27H22F2O4/c1-16-23(22-10-7-20(29)13-25(22)24(16)14-27(30)31)12-18-4-3-17(11-26(18)32-2)15-33-21-8-5-19(28)6-9-21/h3-13H,14-15H2,1-2H3,(H,30,31)/b23-12-. The molecule has 0 unspecified atom stereocenters. The minimum Gasteiger partial charge on any atom is -0.496 e. The summed E-state index contributed by atoms with van der Waals surface area (Å²) in [5.41, 5.74) is 5.28. The summed E-state index contributed by atoms with van der Waals surface area (Å²) < 4.78 is 38.2. The molecule has 0 aromatic heterocycles. The highest BCUT2D eigenvalue weighted by atomic mass is 19.1. The van der Waals surface area contributed by atoms with Crippen molar-refractivity contribution < 1.29 is 28.2 Å². The van der Waals surface area contributed by atoms with E-state index in [1.54, 1.807) is 25.3 Å². The molecule has 4 nitrogen and oxygen atoms in total. The Balaban J connectivity index is 1.66. The van der Waals surface area contributed by atoms with Gasteiger partial charge in [-0.25, -0.2) is 8.78 Å². The second kappa shape index (κ2) is 9.28. The van der Waals surface area contributed by atoms with E-state index in [-0.39, 0.29) is 18.8 Å². The summed E-state index contributed by atoms with van der Waals surface area (Å²) >= 11 is 0. The van der Waals surface area contributed by atoms with E-state index in [1.807, 2.05) is 31.2 Å². The Kier molecular flexibility index (Phi) is 6.27. The molecule has 0 radical (unpaired) electrons. The summed E-state index contributed by atoms with van der Waals surface area (Å²) in [6.45, 7) is 2.13. The number of hydrogen-bond acceptors (Lipinski definition) is 3. The molecule has 0 atom stereocenters. The third-order valence-corrected chi connectivity index (χ3v) is 5.60. The van der Waals surface area contributed by atoms with Crippen molar-refractivity contribution in [3.8, 4) is 11.5 Å². The summed E-state index contributed by atoms with van der Waals surface area (Å²) in [5.74, 6) is -0.528. The summed E-state index contributed by atoms with van der Waals surface area (Å²) in [7, 11) is 1.57. The van der Waals surface area contributed by atoms with E-state index in [9.17, 15) is 18.7 Å². The number of carboxylic acids is 1. The SMILES string of the molecule is COc1cc(COc2ccc(F)cc2)ccc1/C=C1/C(C)=C(CC(=O)O)c2cc(F)ccc21. The van der Waals surface area contributed by atoms with Gasteiger partial charge in [0.15, 0.2) is 0 Å². The molecule has 168 valence electrons. The van der Waals surface area contributed by atoms with Gasteiger partial charge in [0.1, 0.15) is 29.7 Å². The Morgan fingerprint density at radius 1 is 0.970 bits per heavy atom. The van der Waals surface area contributed by atoms with Crippen LogP contribution in [0.25, 0.3) is 17.2 Å². The van der Waals surface area contributed by atoms with Crippen molar-refractivity contribution in [2.24, 2.45) is 0 Å². The van der Waals surface area contributed by atoms with Gasteiger partial charge in [0.05, 0.1) is 13.5 Å². The van der Waals surface area contributed by atoms with E-state index in [2.05, 4.69) is 0 Å². The van der Waals surface area contributed by atoms with Gasteiger partial charge in [-0.2, -0.15) is 0 Å². The van der Waals surface area contributed by atoms with Gasteiger partial charge in [0, 0.05) is 5.56 Å². The summed E-state index contributed by atoms with van der Waals surface area (Å²) in [4.78, 5) is 11.4. The largest absolute Gasteiger partial charge is 0.496 e. The number of allylic oxidation sites excluding steroid dienone is 2. The molecule has 0 aliphatic heterocycles.